The second kappa shape index (κ2) is 4.38. The lowest BCUT2D eigenvalue weighted by Gasteiger charge is -2.07. The monoisotopic (exact) mass is 268 g/mol. The Morgan fingerprint density at radius 2 is 1.80 bits per heavy atom. The summed E-state index contributed by atoms with van der Waals surface area (Å²) in [6.07, 6.45) is 0. The molecule has 3 aromatic rings. The zero-order valence-electron chi connectivity index (χ0n) is 10.7. The van der Waals surface area contributed by atoms with E-state index in [1.807, 2.05) is 19.1 Å². The third-order valence-corrected chi connectivity index (χ3v) is 3.31. The lowest BCUT2D eigenvalue weighted by atomic mass is 9.98. The molecule has 0 amide bonds. The third kappa shape index (κ3) is 1.99. The van der Waals surface area contributed by atoms with Crippen LogP contribution in [0.1, 0.15) is 15.9 Å². The van der Waals surface area contributed by atoms with E-state index in [4.69, 9.17) is 5.11 Å². The highest BCUT2D eigenvalue weighted by Crippen LogP contribution is 2.26. The molecular weight excluding hydrogens is 256 g/mol. The Bertz CT molecular complexity index is 874. The van der Waals surface area contributed by atoms with Crippen molar-refractivity contribution in [3.63, 3.8) is 0 Å². The number of aromatic nitrogens is 2. The first kappa shape index (κ1) is 12.2. The number of imidazole rings is 1. The van der Waals surface area contributed by atoms with Crippen molar-refractivity contribution in [2.45, 2.75) is 6.92 Å². The van der Waals surface area contributed by atoms with E-state index >= 15 is 0 Å². The summed E-state index contributed by atoms with van der Waals surface area (Å²) in [7, 11) is 0. The molecule has 0 fully saturated rings. The van der Waals surface area contributed by atoms with Crippen LogP contribution in [-0.2, 0) is 0 Å². The summed E-state index contributed by atoms with van der Waals surface area (Å²) in [5.41, 5.74) is 4.11. The van der Waals surface area contributed by atoms with Gasteiger partial charge in [0.25, 0.3) is 0 Å². The predicted octanol–water partition coefficient (Wildman–Crippen LogP) is 2.53. The number of nitrogens with one attached hydrogen (secondary N) is 2. The summed E-state index contributed by atoms with van der Waals surface area (Å²) in [6.45, 7) is 1.92. The molecule has 2 aromatic carbocycles. The van der Waals surface area contributed by atoms with Crippen molar-refractivity contribution in [1.82, 2.24) is 9.97 Å². The first-order valence-corrected chi connectivity index (χ1v) is 6.11. The van der Waals surface area contributed by atoms with Gasteiger partial charge in [-0.3, -0.25) is 0 Å². The zero-order chi connectivity index (χ0) is 14.3. The van der Waals surface area contributed by atoms with Crippen molar-refractivity contribution < 1.29 is 9.90 Å². The van der Waals surface area contributed by atoms with Crippen LogP contribution in [0.3, 0.4) is 0 Å². The first-order valence-electron chi connectivity index (χ1n) is 6.11. The molecule has 0 saturated heterocycles. The van der Waals surface area contributed by atoms with Gasteiger partial charge in [-0.05, 0) is 47.9 Å². The normalized spacial score (nSPS) is 10.8. The maximum atomic E-state index is 11.3. The van der Waals surface area contributed by atoms with Gasteiger partial charge in [0, 0.05) is 0 Å². The van der Waals surface area contributed by atoms with Crippen molar-refractivity contribution in [2.75, 3.05) is 0 Å². The fourth-order valence-corrected chi connectivity index (χ4v) is 2.27. The Balaban J connectivity index is 2.21. The van der Waals surface area contributed by atoms with Gasteiger partial charge in [-0.2, -0.15) is 0 Å². The van der Waals surface area contributed by atoms with Gasteiger partial charge in [-0.1, -0.05) is 12.1 Å². The van der Waals surface area contributed by atoms with Gasteiger partial charge in [-0.25, -0.2) is 9.59 Å². The van der Waals surface area contributed by atoms with E-state index < -0.39 is 5.97 Å². The fourth-order valence-electron chi connectivity index (χ4n) is 2.27. The molecule has 5 heteroatoms. The fraction of sp³-hybridized carbons (Fsp3) is 0.0667. The molecule has 3 rings (SSSR count). The lowest BCUT2D eigenvalue weighted by Crippen LogP contribution is -1.99. The van der Waals surface area contributed by atoms with Crippen molar-refractivity contribution in [3.05, 3.63) is 58.0 Å². The van der Waals surface area contributed by atoms with Crippen LogP contribution in [0.2, 0.25) is 0 Å². The van der Waals surface area contributed by atoms with Crippen LogP contribution in [0.15, 0.2) is 41.2 Å². The Labute approximate surface area is 113 Å². The number of rotatable bonds is 2. The van der Waals surface area contributed by atoms with E-state index in [1.165, 1.54) is 0 Å². The second-order valence-corrected chi connectivity index (χ2v) is 4.67. The molecule has 0 bridgehead atoms. The minimum Gasteiger partial charge on any atom is -0.478 e. The summed E-state index contributed by atoms with van der Waals surface area (Å²) < 4.78 is 0. The Hall–Kier alpha value is -2.82. The van der Waals surface area contributed by atoms with Gasteiger partial charge in [0.15, 0.2) is 0 Å². The van der Waals surface area contributed by atoms with Crippen LogP contribution < -0.4 is 5.69 Å². The quantitative estimate of drug-likeness (QED) is 0.667. The number of aromatic amines is 2. The standard InChI is InChI=1S/C15H12N2O3/c1-8-2-3-10(14(18)19)6-11(8)9-4-5-12-13(7-9)17-15(20)16-12/h2-7H,1H3,(H,18,19)(H2,16,17,20). The number of benzene rings is 2. The number of fused-ring (bicyclic) bond motifs is 1. The molecule has 20 heavy (non-hydrogen) atoms. The zero-order valence-corrected chi connectivity index (χ0v) is 10.7. The topological polar surface area (TPSA) is 85.9 Å². The summed E-state index contributed by atoms with van der Waals surface area (Å²) >= 11 is 0. The minimum absolute atomic E-state index is 0.244. The molecule has 0 aliphatic rings. The average molecular weight is 268 g/mol. The maximum Gasteiger partial charge on any atom is 0.335 e. The Kier molecular flexibility index (Phi) is 2.68. The highest BCUT2D eigenvalue weighted by molar-refractivity contribution is 5.91. The molecule has 0 radical (unpaired) electrons. The summed E-state index contributed by atoms with van der Waals surface area (Å²) in [5.74, 6) is -0.956. The van der Waals surface area contributed by atoms with Crippen molar-refractivity contribution in [2.24, 2.45) is 0 Å². The Morgan fingerprint density at radius 1 is 1.05 bits per heavy atom. The van der Waals surface area contributed by atoms with E-state index in [0.29, 0.717) is 5.52 Å². The van der Waals surface area contributed by atoms with Crippen LogP contribution in [-0.4, -0.2) is 21.0 Å². The molecule has 0 aliphatic heterocycles. The van der Waals surface area contributed by atoms with Crippen molar-refractivity contribution in [1.29, 1.82) is 0 Å². The average Bonchev–Trinajstić information content (AvgIpc) is 2.78. The Morgan fingerprint density at radius 3 is 2.55 bits per heavy atom. The molecule has 0 saturated carbocycles. The first-order chi connectivity index (χ1) is 9.54. The van der Waals surface area contributed by atoms with Crippen molar-refractivity contribution in [3.8, 4) is 11.1 Å². The van der Waals surface area contributed by atoms with Crippen LogP contribution in [0.4, 0.5) is 0 Å². The number of carboxylic acids is 1. The number of hydrogen-bond acceptors (Lipinski definition) is 2. The van der Waals surface area contributed by atoms with E-state index in [1.54, 1.807) is 24.3 Å². The predicted molar refractivity (Wildman–Crippen MR) is 76.1 cm³/mol. The largest absolute Gasteiger partial charge is 0.478 e. The molecule has 1 aromatic heterocycles. The van der Waals surface area contributed by atoms with E-state index in [9.17, 15) is 9.59 Å². The van der Waals surface area contributed by atoms with Gasteiger partial charge in [0.05, 0.1) is 16.6 Å². The van der Waals surface area contributed by atoms with Crippen LogP contribution in [0, 0.1) is 6.92 Å². The summed E-state index contributed by atoms with van der Waals surface area (Å²) in [6, 6.07) is 10.5. The number of aromatic carboxylic acids is 1. The number of aryl methyl sites for hydroxylation is 1. The molecule has 0 atom stereocenters. The molecule has 0 unspecified atom stereocenters. The van der Waals surface area contributed by atoms with Gasteiger partial charge >= 0.3 is 11.7 Å². The number of hydrogen-bond donors (Lipinski definition) is 3. The molecule has 5 nitrogen and oxygen atoms in total. The SMILES string of the molecule is Cc1ccc(C(=O)O)cc1-c1ccc2[nH]c(=O)[nH]c2c1. The highest BCUT2D eigenvalue weighted by Gasteiger charge is 2.09. The molecule has 3 N–H and O–H groups in total. The van der Waals surface area contributed by atoms with Gasteiger partial charge < -0.3 is 15.1 Å². The number of H-pyrrole nitrogens is 2. The van der Waals surface area contributed by atoms with Crippen LogP contribution in [0.5, 0.6) is 0 Å². The maximum absolute atomic E-state index is 11.3. The van der Waals surface area contributed by atoms with Crippen molar-refractivity contribution >= 4 is 17.0 Å². The third-order valence-electron chi connectivity index (χ3n) is 3.31. The molecular formula is C15H12N2O3. The molecule has 100 valence electrons. The lowest BCUT2D eigenvalue weighted by molar-refractivity contribution is 0.0697. The number of carbonyl (C=O) groups is 1. The van der Waals surface area contributed by atoms with E-state index in [0.717, 1.165) is 22.2 Å². The highest BCUT2D eigenvalue weighted by atomic mass is 16.4. The van der Waals surface area contributed by atoms with Gasteiger partial charge in [0.2, 0.25) is 0 Å². The summed E-state index contributed by atoms with van der Waals surface area (Å²) in [4.78, 5) is 27.7. The van der Waals surface area contributed by atoms with Crippen LogP contribution in [0.25, 0.3) is 22.2 Å². The van der Waals surface area contributed by atoms with E-state index in [-0.39, 0.29) is 11.3 Å². The van der Waals surface area contributed by atoms with Gasteiger partial charge in [0.1, 0.15) is 0 Å². The number of carboxylic acid groups (broad SMARTS) is 1. The molecule has 0 spiro atoms. The van der Waals surface area contributed by atoms with Gasteiger partial charge in [-0.15, -0.1) is 0 Å². The molecule has 0 aliphatic carbocycles. The summed E-state index contributed by atoms with van der Waals surface area (Å²) in [5, 5.41) is 9.07. The van der Waals surface area contributed by atoms with E-state index in [2.05, 4.69) is 9.97 Å². The minimum atomic E-state index is -0.956. The molecule has 1 heterocycles. The second-order valence-electron chi connectivity index (χ2n) is 4.67. The smallest absolute Gasteiger partial charge is 0.335 e. The van der Waals surface area contributed by atoms with Crippen LogP contribution >= 0.6 is 0 Å².